The molecular weight excluding hydrogens is 190 g/mol. The van der Waals surface area contributed by atoms with E-state index in [9.17, 15) is 0 Å². The molecule has 0 aliphatic heterocycles. The highest BCUT2D eigenvalue weighted by Crippen LogP contribution is 2.39. The Hall–Kier alpha value is 0.137. The van der Waals surface area contributed by atoms with E-state index in [0.29, 0.717) is 17.2 Å². The Morgan fingerprint density at radius 3 is 2.07 bits per heavy atom. The SMILES string of the molecule is CNC1CC(O[Si](C)(C)C(C)(C)C)C1. The summed E-state index contributed by atoms with van der Waals surface area (Å²) in [6.45, 7) is 11.6. The summed E-state index contributed by atoms with van der Waals surface area (Å²) < 4.78 is 6.27. The van der Waals surface area contributed by atoms with Crippen molar-refractivity contribution in [1.29, 1.82) is 0 Å². The molecule has 0 radical (unpaired) electrons. The van der Waals surface area contributed by atoms with Crippen molar-refractivity contribution in [3.8, 4) is 0 Å². The smallest absolute Gasteiger partial charge is 0.192 e. The predicted molar refractivity (Wildman–Crippen MR) is 64.2 cm³/mol. The zero-order valence-corrected chi connectivity index (χ0v) is 11.5. The van der Waals surface area contributed by atoms with E-state index in [1.54, 1.807) is 0 Å². The number of hydrogen-bond donors (Lipinski definition) is 1. The molecule has 1 aliphatic rings. The van der Waals surface area contributed by atoms with Gasteiger partial charge in [0.15, 0.2) is 8.32 Å². The van der Waals surface area contributed by atoms with E-state index in [1.165, 1.54) is 12.8 Å². The van der Waals surface area contributed by atoms with E-state index >= 15 is 0 Å². The molecule has 1 saturated carbocycles. The third kappa shape index (κ3) is 2.58. The van der Waals surface area contributed by atoms with Crippen molar-refractivity contribution in [2.75, 3.05) is 7.05 Å². The normalized spacial score (nSPS) is 28.7. The van der Waals surface area contributed by atoms with E-state index < -0.39 is 8.32 Å². The van der Waals surface area contributed by atoms with E-state index in [1.807, 2.05) is 7.05 Å². The fourth-order valence-electron chi connectivity index (χ4n) is 1.49. The van der Waals surface area contributed by atoms with Gasteiger partial charge in [-0.05, 0) is 38.0 Å². The van der Waals surface area contributed by atoms with Gasteiger partial charge in [-0.2, -0.15) is 0 Å². The molecule has 1 fully saturated rings. The summed E-state index contributed by atoms with van der Waals surface area (Å²) in [7, 11) is 0.527. The van der Waals surface area contributed by atoms with Crippen molar-refractivity contribution in [2.45, 2.75) is 63.9 Å². The van der Waals surface area contributed by atoms with Gasteiger partial charge in [0, 0.05) is 12.1 Å². The minimum Gasteiger partial charge on any atom is -0.414 e. The Morgan fingerprint density at radius 1 is 1.21 bits per heavy atom. The maximum absolute atomic E-state index is 6.27. The molecule has 0 bridgehead atoms. The van der Waals surface area contributed by atoms with Crippen LogP contribution in [0.25, 0.3) is 0 Å². The Kier molecular flexibility index (Phi) is 3.44. The lowest BCUT2D eigenvalue weighted by Gasteiger charge is -2.44. The van der Waals surface area contributed by atoms with Gasteiger partial charge in [-0.3, -0.25) is 0 Å². The van der Waals surface area contributed by atoms with Crippen molar-refractivity contribution >= 4 is 8.32 Å². The van der Waals surface area contributed by atoms with Gasteiger partial charge in [0.25, 0.3) is 0 Å². The van der Waals surface area contributed by atoms with Gasteiger partial charge in [-0.25, -0.2) is 0 Å². The summed E-state index contributed by atoms with van der Waals surface area (Å²) in [6, 6.07) is 0.699. The fourth-order valence-corrected chi connectivity index (χ4v) is 2.87. The first kappa shape index (κ1) is 12.2. The van der Waals surface area contributed by atoms with Gasteiger partial charge in [-0.15, -0.1) is 0 Å². The number of nitrogens with one attached hydrogen (secondary N) is 1. The lowest BCUT2D eigenvalue weighted by Crippen LogP contribution is -2.51. The molecule has 0 aromatic carbocycles. The molecule has 0 atom stereocenters. The van der Waals surface area contributed by atoms with Crippen molar-refractivity contribution in [3.05, 3.63) is 0 Å². The summed E-state index contributed by atoms with van der Waals surface area (Å²) in [5.41, 5.74) is 0. The molecule has 3 heteroatoms. The molecular formula is C11H25NOSi. The Labute approximate surface area is 89.6 Å². The molecule has 2 nitrogen and oxygen atoms in total. The molecule has 1 N–H and O–H groups in total. The molecule has 0 amide bonds. The van der Waals surface area contributed by atoms with E-state index in [4.69, 9.17) is 4.43 Å². The summed E-state index contributed by atoms with van der Waals surface area (Å²) >= 11 is 0. The second-order valence-corrected chi connectivity index (χ2v) is 10.7. The Bertz CT molecular complexity index is 192. The average Bonchev–Trinajstić information content (AvgIpc) is 1.93. The van der Waals surface area contributed by atoms with Crippen molar-refractivity contribution in [2.24, 2.45) is 0 Å². The summed E-state index contributed by atoms with van der Waals surface area (Å²) in [5.74, 6) is 0. The van der Waals surface area contributed by atoms with Crippen LogP contribution in [-0.4, -0.2) is 27.5 Å². The second-order valence-electron chi connectivity index (χ2n) is 5.96. The molecule has 0 unspecified atom stereocenters. The van der Waals surface area contributed by atoms with Crippen LogP contribution in [0.5, 0.6) is 0 Å². The highest BCUT2D eigenvalue weighted by atomic mass is 28.4. The first-order valence-electron chi connectivity index (χ1n) is 5.61. The monoisotopic (exact) mass is 215 g/mol. The lowest BCUT2D eigenvalue weighted by molar-refractivity contribution is 0.0750. The minimum absolute atomic E-state index is 0.345. The zero-order chi connectivity index (χ0) is 11.0. The summed E-state index contributed by atoms with van der Waals surface area (Å²) in [5, 5.41) is 3.64. The minimum atomic E-state index is -1.51. The zero-order valence-electron chi connectivity index (χ0n) is 10.5. The van der Waals surface area contributed by atoms with Gasteiger partial charge in [0.05, 0.1) is 0 Å². The first-order chi connectivity index (χ1) is 6.26. The molecule has 0 aromatic heterocycles. The van der Waals surface area contributed by atoms with Crippen LogP contribution < -0.4 is 5.32 Å². The quantitative estimate of drug-likeness (QED) is 0.731. The van der Waals surface area contributed by atoms with Crippen molar-refractivity contribution in [3.63, 3.8) is 0 Å². The van der Waals surface area contributed by atoms with Gasteiger partial charge in [0.2, 0.25) is 0 Å². The highest BCUT2D eigenvalue weighted by Gasteiger charge is 2.41. The number of hydrogen-bond acceptors (Lipinski definition) is 2. The van der Waals surface area contributed by atoms with E-state index in [2.05, 4.69) is 39.2 Å². The van der Waals surface area contributed by atoms with Crippen LogP contribution in [0.3, 0.4) is 0 Å². The molecule has 0 heterocycles. The summed E-state index contributed by atoms with van der Waals surface area (Å²) in [6.07, 6.45) is 2.92. The van der Waals surface area contributed by atoms with E-state index in [-0.39, 0.29) is 0 Å². The molecule has 0 saturated heterocycles. The fraction of sp³-hybridized carbons (Fsp3) is 1.00. The van der Waals surface area contributed by atoms with Crippen LogP contribution in [0.1, 0.15) is 33.6 Å². The van der Waals surface area contributed by atoms with Crippen LogP contribution in [0, 0.1) is 0 Å². The lowest BCUT2D eigenvalue weighted by atomic mass is 9.90. The topological polar surface area (TPSA) is 21.3 Å². The van der Waals surface area contributed by atoms with Crippen LogP contribution in [0.2, 0.25) is 18.1 Å². The highest BCUT2D eigenvalue weighted by molar-refractivity contribution is 6.74. The Balaban J connectivity index is 2.38. The van der Waals surface area contributed by atoms with Crippen LogP contribution in [0.15, 0.2) is 0 Å². The largest absolute Gasteiger partial charge is 0.414 e. The van der Waals surface area contributed by atoms with Crippen molar-refractivity contribution < 1.29 is 4.43 Å². The third-order valence-corrected chi connectivity index (χ3v) is 8.31. The van der Waals surface area contributed by atoms with Gasteiger partial charge < -0.3 is 9.74 Å². The third-order valence-electron chi connectivity index (χ3n) is 3.77. The maximum Gasteiger partial charge on any atom is 0.192 e. The van der Waals surface area contributed by atoms with Crippen molar-refractivity contribution in [1.82, 2.24) is 5.32 Å². The standard InChI is InChI=1S/C11H25NOSi/c1-11(2,3)14(5,6)13-10-7-9(8-10)12-4/h9-10,12H,7-8H2,1-6H3. The van der Waals surface area contributed by atoms with Gasteiger partial charge >= 0.3 is 0 Å². The summed E-state index contributed by atoms with van der Waals surface area (Å²) in [4.78, 5) is 0. The Morgan fingerprint density at radius 2 is 1.71 bits per heavy atom. The number of rotatable bonds is 3. The van der Waals surface area contributed by atoms with Gasteiger partial charge in [-0.1, -0.05) is 20.8 Å². The van der Waals surface area contributed by atoms with Crippen LogP contribution >= 0.6 is 0 Å². The maximum atomic E-state index is 6.27. The first-order valence-corrected chi connectivity index (χ1v) is 8.52. The molecule has 1 rings (SSSR count). The van der Waals surface area contributed by atoms with Crippen LogP contribution in [0.4, 0.5) is 0 Å². The van der Waals surface area contributed by atoms with Crippen LogP contribution in [-0.2, 0) is 4.43 Å². The predicted octanol–water partition coefficient (Wildman–Crippen LogP) is 2.76. The van der Waals surface area contributed by atoms with Gasteiger partial charge in [0.1, 0.15) is 0 Å². The van der Waals surface area contributed by atoms with E-state index in [0.717, 1.165) is 0 Å². The average molecular weight is 215 g/mol. The molecule has 1 aliphatic carbocycles. The second kappa shape index (κ2) is 3.95. The molecule has 84 valence electrons. The molecule has 0 aromatic rings. The molecule has 14 heavy (non-hydrogen) atoms. The molecule has 0 spiro atoms.